The zero-order chi connectivity index (χ0) is 16.7. The molecule has 4 heteroatoms. The monoisotopic (exact) mass is 323 g/mol. The first kappa shape index (κ1) is 15.5. The smallest absolute Gasteiger partial charge is 0.207 e. The van der Waals surface area contributed by atoms with Crippen molar-refractivity contribution in [3.8, 4) is 0 Å². The summed E-state index contributed by atoms with van der Waals surface area (Å²) in [6.45, 7) is 8.25. The van der Waals surface area contributed by atoms with Crippen molar-refractivity contribution in [1.82, 2.24) is 15.2 Å². The molecule has 2 N–H and O–H groups in total. The number of hydrogen-bond donors (Lipinski definition) is 2. The number of nitrogens with zero attached hydrogens (tertiary/aromatic N) is 1. The van der Waals surface area contributed by atoms with E-state index in [0.717, 1.165) is 38.8 Å². The Morgan fingerprint density at radius 3 is 3.08 bits per heavy atom. The number of piperidine rings is 1. The second-order valence-corrected chi connectivity index (χ2v) is 7.08. The lowest BCUT2D eigenvalue weighted by Gasteiger charge is -2.47. The molecule has 1 saturated heterocycles. The van der Waals surface area contributed by atoms with Gasteiger partial charge in [-0.15, -0.1) is 0 Å². The number of aromatic nitrogens is 1. The minimum absolute atomic E-state index is 0.241. The molecule has 0 bridgehead atoms. The third-order valence-electron chi connectivity index (χ3n) is 5.75. The van der Waals surface area contributed by atoms with Crippen LogP contribution in [0, 0.1) is 0 Å². The average molecular weight is 323 g/mol. The molecule has 126 valence electrons. The molecular weight excluding hydrogens is 298 g/mol. The summed E-state index contributed by atoms with van der Waals surface area (Å²) in [6, 6.07) is 7.33. The molecule has 2 aliphatic rings. The molecule has 0 radical (unpaired) electrons. The number of benzene rings is 1. The Kier molecular flexibility index (Phi) is 3.93. The molecular formula is C20H25N3O. The van der Waals surface area contributed by atoms with Crippen molar-refractivity contribution in [1.29, 1.82) is 0 Å². The number of nitrogens with one attached hydrogen (secondary N) is 2. The summed E-state index contributed by atoms with van der Waals surface area (Å²) in [4.78, 5) is 17.1. The van der Waals surface area contributed by atoms with E-state index >= 15 is 0 Å². The maximum atomic E-state index is 11.0. The van der Waals surface area contributed by atoms with Crippen LogP contribution < -0.4 is 5.32 Å². The van der Waals surface area contributed by atoms with Crippen molar-refractivity contribution in [3.05, 3.63) is 41.6 Å². The second kappa shape index (κ2) is 6.10. The molecule has 1 aliphatic carbocycles. The maximum absolute atomic E-state index is 11.0. The van der Waals surface area contributed by atoms with Gasteiger partial charge in [0.2, 0.25) is 6.41 Å². The average Bonchev–Trinajstić information content (AvgIpc) is 2.96. The lowest BCUT2D eigenvalue weighted by atomic mass is 9.73. The van der Waals surface area contributed by atoms with Gasteiger partial charge in [-0.3, -0.25) is 9.69 Å². The molecule has 2 heterocycles. The fraction of sp³-hybridized carbons (Fsp3) is 0.450. The summed E-state index contributed by atoms with van der Waals surface area (Å²) in [5.41, 5.74) is 5.23. The van der Waals surface area contributed by atoms with Crippen LogP contribution in [0.1, 0.15) is 42.5 Å². The van der Waals surface area contributed by atoms with Gasteiger partial charge in [0.05, 0.1) is 0 Å². The molecule has 24 heavy (non-hydrogen) atoms. The number of carbonyl (C=O) groups excluding carboxylic acids is 1. The number of aromatic amines is 1. The molecule has 0 saturated carbocycles. The number of likely N-dealkylation sites (tertiary alicyclic amines) is 1. The number of carbonyl (C=O) groups is 1. The normalized spacial score (nSPS) is 26.1. The molecule has 1 amide bonds. The van der Waals surface area contributed by atoms with Gasteiger partial charge in [0, 0.05) is 41.1 Å². The predicted molar refractivity (Wildman–Crippen MR) is 98.1 cm³/mol. The van der Waals surface area contributed by atoms with Gasteiger partial charge in [-0.05, 0) is 49.1 Å². The predicted octanol–water partition coefficient (Wildman–Crippen LogP) is 3.05. The highest BCUT2D eigenvalue weighted by atomic mass is 16.1. The fourth-order valence-electron chi connectivity index (χ4n) is 4.85. The highest BCUT2D eigenvalue weighted by Gasteiger charge is 2.40. The van der Waals surface area contributed by atoms with Crippen molar-refractivity contribution in [3.63, 3.8) is 0 Å². The molecule has 2 aromatic rings. The van der Waals surface area contributed by atoms with Crippen LogP contribution in [0.4, 0.5) is 0 Å². The summed E-state index contributed by atoms with van der Waals surface area (Å²) in [5, 5.41) is 4.42. The van der Waals surface area contributed by atoms with Crippen LogP contribution in [0.3, 0.4) is 0 Å². The van der Waals surface area contributed by atoms with E-state index in [9.17, 15) is 4.79 Å². The second-order valence-electron chi connectivity index (χ2n) is 7.08. The van der Waals surface area contributed by atoms with E-state index in [0.29, 0.717) is 12.0 Å². The molecule has 3 atom stereocenters. The van der Waals surface area contributed by atoms with Crippen LogP contribution in [0.2, 0.25) is 0 Å². The van der Waals surface area contributed by atoms with Crippen LogP contribution in [0.5, 0.6) is 0 Å². The van der Waals surface area contributed by atoms with E-state index in [-0.39, 0.29) is 6.04 Å². The number of fused-ring (bicyclic) bond motifs is 2. The van der Waals surface area contributed by atoms with Crippen LogP contribution in [0.15, 0.2) is 24.8 Å². The molecule has 1 aromatic heterocycles. The van der Waals surface area contributed by atoms with E-state index in [1.165, 1.54) is 27.7 Å². The topological polar surface area (TPSA) is 48.1 Å². The van der Waals surface area contributed by atoms with Gasteiger partial charge in [0.25, 0.3) is 0 Å². The minimum atomic E-state index is 0.241. The Labute approximate surface area is 142 Å². The van der Waals surface area contributed by atoms with Crippen molar-refractivity contribution < 1.29 is 4.79 Å². The van der Waals surface area contributed by atoms with Crippen LogP contribution in [-0.2, 0) is 11.2 Å². The molecule has 0 spiro atoms. The minimum Gasteiger partial charge on any atom is -0.355 e. The van der Waals surface area contributed by atoms with Gasteiger partial charge in [-0.25, -0.2) is 0 Å². The van der Waals surface area contributed by atoms with Crippen molar-refractivity contribution >= 4 is 23.4 Å². The fourth-order valence-corrected chi connectivity index (χ4v) is 4.85. The zero-order valence-electron chi connectivity index (χ0n) is 14.2. The molecule has 1 aliphatic heterocycles. The Balaban J connectivity index is 1.82. The van der Waals surface area contributed by atoms with Gasteiger partial charge in [0.1, 0.15) is 0 Å². The largest absolute Gasteiger partial charge is 0.355 e. The van der Waals surface area contributed by atoms with Crippen LogP contribution in [-0.4, -0.2) is 41.5 Å². The summed E-state index contributed by atoms with van der Waals surface area (Å²) >= 11 is 0. The van der Waals surface area contributed by atoms with Gasteiger partial charge in [0.15, 0.2) is 0 Å². The lowest BCUT2D eigenvalue weighted by molar-refractivity contribution is -0.110. The van der Waals surface area contributed by atoms with E-state index in [4.69, 9.17) is 0 Å². The Morgan fingerprint density at radius 2 is 2.33 bits per heavy atom. The van der Waals surface area contributed by atoms with Gasteiger partial charge < -0.3 is 10.3 Å². The standard InChI is InChI=1S/C20H25N3O/c1-3-8-23-11-13(21-12-24)9-15-14-6-5-7-18-20(14)16(10-19(15)23)17(4-2)22-18/h4-7,12-13,15,19,22H,2-3,8-11H2,1H3,(H,21,24)/t13-,15+,19+/m0/s1. The molecule has 4 nitrogen and oxygen atoms in total. The maximum Gasteiger partial charge on any atom is 0.207 e. The first-order chi connectivity index (χ1) is 11.8. The molecule has 1 aromatic carbocycles. The third kappa shape index (κ3) is 2.28. The lowest BCUT2D eigenvalue weighted by Crippen LogP contribution is -2.55. The van der Waals surface area contributed by atoms with Crippen molar-refractivity contribution in [2.45, 2.75) is 44.2 Å². The Morgan fingerprint density at radius 1 is 1.46 bits per heavy atom. The van der Waals surface area contributed by atoms with Gasteiger partial charge >= 0.3 is 0 Å². The zero-order valence-corrected chi connectivity index (χ0v) is 14.2. The Hall–Kier alpha value is -2.07. The number of rotatable bonds is 5. The molecule has 1 fully saturated rings. The van der Waals surface area contributed by atoms with Crippen LogP contribution in [0.25, 0.3) is 17.0 Å². The number of hydrogen-bond acceptors (Lipinski definition) is 2. The Bertz CT molecular complexity index is 779. The summed E-state index contributed by atoms with van der Waals surface area (Å²) in [7, 11) is 0. The van der Waals surface area contributed by atoms with E-state index in [1.807, 2.05) is 6.08 Å². The highest BCUT2D eigenvalue weighted by Crippen LogP contribution is 2.44. The van der Waals surface area contributed by atoms with Gasteiger partial charge in [-0.1, -0.05) is 25.6 Å². The molecule has 0 unspecified atom stereocenters. The third-order valence-corrected chi connectivity index (χ3v) is 5.75. The highest BCUT2D eigenvalue weighted by molar-refractivity contribution is 5.91. The quantitative estimate of drug-likeness (QED) is 0.831. The van der Waals surface area contributed by atoms with E-state index in [2.05, 4.69) is 46.9 Å². The van der Waals surface area contributed by atoms with Crippen LogP contribution >= 0.6 is 0 Å². The first-order valence-corrected chi connectivity index (χ1v) is 8.96. The van der Waals surface area contributed by atoms with Gasteiger partial charge in [-0.2, -0.15) is 0 Å². The van der Waals surface area contributed by atoms with Crippen molar-refractivity contribution in [2.75, 3.05) is 13.1 Å². The summed E-state index contributed by atoms with van der Waals surface area (Å²) < 4.78 is 0. The molecule has 4 rings (SSSR count). The SMILES string of the molecule is C=Cc1[nH]c2cccc3c2c1C[C@@H]1[C@@H]3C[C@H](NC=O)CN1CCC. The van der Waals surface area contributed by atoms with E-state index in [1.54, 1.807) is 0 Å². The summed E-state index contributed by atoms with van der Waals surface area (Å²) in [6.07, 6.45) is 6.03. The number of amides is 1. The summed E-state index contributed by atoms with van der Waals surface area (Å²) in [5.74, 6) is 0.479. The first-order valence-electron chi connectivity index (χ1n) is 8.96. The van der Waals surface area contributed by atoms with E-state index < -0.39 is 0 Å². The number of H-pyrrole nitrogens is 1. The van der Waals surface area contributed by atoms with Crippen molar-refractivity contribution in [2.24, 2.45) is 0 Å².